The Balaban J connectivity index is 1.69. The highest BCUT2D eigenvalue weighted by Gasteiger charge is 2.44. The van der Waals surface area contributed by atoms with Gasteiger partial charge in [-0.25, -0.2) is 9.59 Å². The molecule has 8 nitrogen and oxygen atoms in total. The summed E-state index contributed by atoms with van der Waals surface area (Å²) < 4.78 is 12.0. The van der Waals surface area contributed by atoms with Crippen molar-refractivity contribution in [2.24, 2.45) is 0 Å². The molecule has 0 saturated carbocycles. The smallest absolute Gasteiger partial charge is 0.338 e. The monoisotopic (exact) mass is 364 g/mol. The first-order chi connectivity index (χ1) is 12.0. The van der Waals surface area contributed by atoms with E-state index in [1.165, 1.54) is 12.3 Å². The van der Waals surface area contributed by atoms with Crippen LogP contribution in [0, 0.1) is 4.64 Å². The predicted octanol–water partition coefficient (Wildman–Crippen LogP) is 0.382. The summed E-state index contributed by atoms with van der Waals surface area (Å²) in [6.45, 7) is -0.264. The lowest BCUT2D eigenvalue weighted by atomic mass is 10.1. The van der Waals surface area contributed by atoms with E-state index >= 15 is 0 Å². The van der Waals surface area contributed by atoms with Gasteiger partial charge in [-0.2, -0.15) is 0 Å². The van der Waals surface area contributed by atoms with E-state index in [1.54, 1.807) is 30.3 Å². The van der Waals surface area contributed by atoms with Gasteiger partial charge in [0.1, 0.15) is 29.6 Å². The van der Waals surface area contributed by atoms with E-state index < -0.39 is 36.2 Å². The van der Waals surface area contributed by atoms with Gasteiger partial charge in [0.2, 0.25) is 0 Å². The summed E-state index contributed by atoms with van der Waals surface area (Å²) in [6, 6.07) is 9.81. The van der Waals surface area contributed by atoms with Gasteiger partial charge in [0.25, 0.3) is 0 Å². The highest BCUT2D eigenvalue weighted by atomic mass is 32.1. The lowest BCUT2D eigenvalue weighted by molar-refractivity contribution is -0.0598. The van der Waals surface area contributed by atoms with Crippen molar-refractivity contribution in [1.29, 1.82) is 0 Å². The Labute approximate surface area is 147 Å². The second-order valence-electron chi connectivity index (χ2n) is 5.53. The topological polar surface area (TPSA) is 114 Å². The van der Waals surface area contributed by atoms with Crippen molar-refractivity contribution >= 4 is 18.2 Å². The Hall–Kier alpha value is -2.33. The first kappa shape index (κ1) is 17.5. The van der Waals surface area contributed by atoms with Crippen LogP contribution in [0.4, 0.5) is 0 Å². The molecule has 3 N–H and O–H groups in total. The number of ether oxygens (including phenoxy) is 2. The molecule has 1 fully saturated rings. The van der Waals surface area contributed by atoms with Crippen molar-refractivity contribution in [3.63, 3.8) is 0 Å². The summed E-state index contributed by atoms with van der Waals surface area (Å²) in [5.74, 6) is -0.574. The van der Waals surface area contributed by atoms with Gasteiger partial charge in [-0.1, -0.05) is 30.4 Å². The molecule has 1 aliphatic rings. The van der Waals surface area contributed by atoms with Crippen molar-refractivity contribution in [2.45, 2.75) is 24.5 Å². The molecule has 2 aromatic rings. The van der Waals surface area contributed by atoms with E-state index in [1.807, 2.05) is 0 Å². The zero-order chi connectivity index (χ0) is 18.0. The van der Waals surface area contributed by atoms with E-state index in [4.69, 9.17) is 21.7 Å². The van der Waals surface area contributed by atoms with Crippen molar-refractivity contribution in [1.82, 2.24) is 9.55 Å². The molecule has 25 heavy (non-hydrogen) atoms. The number of nitrogens with zero attached hydrogens (tertiary/aromatic N) is 1. The molecule has 4 atom stereocenters. The molecular formula is C16H16N2O6S. The summed E-state index contributed by atoms with van der Waals surface area (Å²) >= 11 is 4.85. The first-order valence-corrected chi connectivity index (χ1v) is 7.93. The molecule has 0 spiro atoms. The molecular weight excluding hydrogens is 348 g/mol. The lowest BCUT2D eigenvalue weighted by Gasteiger charge is -2.16. The second kappa shape index (κ2) is 7.28. The summed E-state index contributed by atoms with van der Waals surface area (Å²) in [6.07, 6.45) is -3.40. The van der Waals surface area contributed by atoms with Crippen molar-refractivity contribution in [3.8, 4) is 0 Å². The van der Waals surface area contributed by atoms with Gasteiger partial charge in [-0.15, -0.1) is 0 Å². The van der Waals surface area contributed by atoms with Crippen LogP contribution in [0.5, 0.6) is 0 Å². The molecule has 132 valence electrons. The Morgan fingerprint density at radius 3 is 2.64 bits per heavy atom. The van der Waals surface area contributed by atoms with Gasteiger partial charge < -0.3 is 19.7 Å². The zero-order valence-corrected chi connectivity index (χ0v) is 13.8. The molecule has 0 unspecified atom stereocenters. The number of hydrogen-bond acceptors (Lipinski definition) is 7. The third-order valence-electron chi connectivity index (χ3n) is 3.85. The van der Waals surface area contributed by atoms with Crippen LogP contribution in [0.3, 0.4) is 0 Å². The quantitative estimate of drug-likeness (QED) is 0.531. The number of aliphatic hydroxyl groups is 2. The van der Waals surface area contributed by atoms with Gasteiger partial charge in [0.05, 0.1) is 5.56 Å². The van der Waals surface area contributed by atoms with Gasteiger partial charge in [-0.3, -0.25) is 9.55 Å². The standard InChI is InChI=1S/C16H16N2O6S/c19-12-10(8-23-15(21)9-4-2-1-3-5-9)24-14(13(12)20)18-7-6-11(25)17-16(18)22/h1-7,10,12-14,19-20H,8H2,(H,17,22,25)/t10-,12-,13-,14-/m1/s1. The van der Waals surface area contributed by atoms with Gasteiger partial charge in [-0.05, 0) is 18.2 Å². The van der Waals surface area contributed by atoms with Crippen LogP contribution in [-0.2, 0) is 9.47 Å². The third kappa shape index (κ3) is 3.69. The van der Waals surface area contributed by atoms with Crippen LogP contribution in [0.15, 0.2) is 47.4 Å². The van der Waals surface area contributed by atoms with Gasteiger partial charge in [0, 0.05) is 6.20 Å². The number of carbonyl (C=O) groups is 1. The number of hydrogen-bond donors (Lipinski definition) is 3. The fraction of sp³-hybridized carbons (Fsp3) is 0.312. The van der Waals surface area contributed by atoms with E-state index in [0.717, 1.165) is 4.57 Å². The molecule has 3 rings (SSSR count). The van der Waals surface area contributed by atoms with Gasteiger partial charge >= 0.3 is 11.7 Å². The summed E-state index contributed by atoms with van der Waals surface area (Å²) in [7, 11) is 0. The molecule has 9 heteroatoms. The number of aromatic nitrogens is 2. The number of H-pyrrole nitrogens is 1. The van der Waals surface area contributed by atoms with E-state index in [9.17, 15) is 19.8 Å². The summed E-state index contributed by atoms with van der Waals surface area (Å²) in [4.78, 5) is 26.3. The number of aliphatic hydroxyl groups excluding tert-OH is 2. The second-order valence-corrected chi connectivity index (χ2v) is 5.97. The largest absolute Gasteiger partial charge is 0.459 e. The fourth-order valence-corrected chi connectivity index (χ4v) is 2.69. The molecule has 1 aromatic heterocycles. The minimum Gasteiger partial charge on any atom is -0.459 e. The van der Waals surface area contributed by atoms with Crippen molar-refractivity contribution < 1.29 is 24.5 Å². The molecule has 0 aliphatic carbocycles. The SMILES string of the molecule is O=C(OC[C@H]1O[C@@H](n2ccc(=S)[nH]c2=O)[C@H](O)[C@@H]1O)c1ccccc1. The van der Waals surface area contributed by atoms with E-state index in [-0.39, 0.29) is 11.2 Å². The number of aromatic amines is 1. The average Bonchev–Trinajstić information content (AvgIpc) is 2.89. The number of carbonyl (C=O) groups excluding carboxylic acids is 1. The minimum absolute atomic E-state index is 0.239. The minimum atomic E-state index is -1.36. The fourth-order valence-electron chi connectivity index (χ4n) is 2.54. The van der Waals surface area contributed by atoms with Crippen LogP contribution in [-0.4, -0.2) is 50.7 Å². The maximum absolute atomic E-state index is 11.9. The molecule has 0 radical (unpaired) electrons. The molecule has 1 aliphatic heterocycles. The molecule has 0 amide bonds. The van der Waals surface area contributed by atoms with Crippen LogP contribution >= 0.6 is 12.2 Å². The molecule has 0 bridgehead atoms. The van der Waals surface area contributed by atoms with Crippen LogP contribution in [0.25, 0.3) is 0 Å². The van der Waals surface area contributed by atoms with Crippen LogP contribution in [0.2, 0.25) is 0 Å². The summed E-state index contributed by atoms with van der Waals surface area (Å²) in [5.41, 5.74) is -0.218. The van der Waals surface area contributed by atoms with Crippen LogP contribution < -0.4 is 5.69 Å². The lowest BCUT2D eigenvalue weighted by Crippen LogP contribution is -2.36. The highest BCUT2D eigenvalue weighted by Crippen LogP contribution is 2.28. The normalized spacial score (nSPS) is 25.7. The van der Waals surface area contributed by atoms with E-state index in [0.29, 0.717) is 5.56 Å². The Bertz CT molecular complexity index is 865. The third-order valence-corrected chi connectivity index (χ3v) is 4.09. The maximum atomic E-state index is 11.9. The number of nitrogens with one attached hydrogen (secondary N) is 1. The molecule has 1 aromatic carbocycles. The first-order valence-electron chi connectivity index (χ1n) is 7.52. The zero-order valence-electron chi connectivity index (χ0n) is 12.9. The predicted molar refractivity (Wildman–Crippen MR) is 88.5 cm³/mol. The number of benzene rings is 1. The molecule has 2 heterocycles. The number of rotatable bonds is 4. The maximum Gasteiger partial charge on any atom is 0.338 e. The van der Waals surface area contributed by atoms with Crippen molar-refractivity contribution in [2.75, 3.05) is 6.61 Å². The van der Waals surface area contributed by atoms with Crippen LogP contribution in [0.1, 0.15) is 16.6 Å². The average molecular weight is 364 g/mol. The number of esters is 1. The Morgan fingerprint density at radius 1 is 1.24 bits per heavy atom. The van der Waals surface area contributed by atoms with Crippen molar-refractivity contribution in [3.05, 3.63) is 63.3 Å². The highest BCUT2D eigenvalue weighted by molar-refractivity contribution is 7.71. The van der Waals surface area contributed by atoms with E-state index in [2.05, 4.69) is 4.98 Å². The van der Waals surface area contributed by atoms with Gasteiger partial charge in [0.15, 0.2) is 6.23 Å². The Kier molecular flexibility index (Phi) is 5.09. The molecule has 1 saturated heterocycles. The Morgan fingerprint density at radius 2 is 1.96 bits per heavy atom. The summed E-state index contributed by atoms with van der Waals surface area (Å²) in [5, 5.41) is 20.2.